The van der Waals surface area contributed by atoms with E-state index in [1.807, 2.05) is 6.92 Å². The van der Waals surface area contributed by atoms with Gasteiger partial charge in [-0.3, -0.25) is 0 Å². The number of hydrogen-bond donors (Lipinski definition) is 2. The molecule has 4 heteroatoms. The second-order valence-corrected chi connectivity index (χ2v) is 4.00. The van der Waals surface area contributed by atoms with E-state index in [0.29, 0.717) is 4.32 Å². The van der Waals surface area contributed by atoms with E-state index in [0.717, 1.165) is 0 Å². The molecular weight excluding hydrogens is 154 g/mol. The predicted molar refractivity (Wildman–Crippen MR) is 45.5 cm³/mol. The Kier molecular flexibility index (Phi) is 4.18. The molecule has 0 amide bonds. The van der Waals surface area contributed by atoms with Crippen LogP contribution >= 0.6 is 24.0 Å². The lowest BCUT2D eigenvalue weighted by atomic mass is 10.3. The Hall–Kier alpha value is 0.200. The van der Waals surface area contributed by atoms with E-state index in [-0.39, 0.29) is 11.4 Å². The van der Waals surface area contributed by atoms with E-state index in [9.17, 15) is 0 Å². The van der Waals surface area contributed by atoms with Crippen LogP contribution < -0.4 is 5.73 Å². The second kappa shape index (κ2) is 4.09. The van der Waals surface area contributed by atoms with Gasteiger partial charge < -0.3 is 10.8 Å². The van der Waals surface area contributed by atoms with Crippen LogP contribution in [0, 0.1) is 0 Å². The Labute approximate surface area is 64.8 Å². The normalized spacial score (nSPS) is 16.8. The first-order chi connectivity index (χ1) is 4.04. The molecule has 0 radical (unpaired) electrons. The van der Waals surface area contributed by atoms with Gasteiger partial charge >= 0.3 is 0 Å². The Balaban J connectivity index is 3.50. The molecule has 0 aromatic rings. The molecule has 0 aliphatic carbocycles. The van der Waals surface area contributed by atoms with Crippen molar-refractivity contribution < 1.29 is 5.11 Å². The van der Waals surface area contributed by atoms with Crippen LogP contribution in [0.3, 0.4) is 0 Å². The molecule has 0 saturated heterocycles. The van der Waals surface area contributed by atoms with Gasteiger partial charge in [0.1, 0.15) is 4.32 Å². The lowest BCUT2D eigenvalue weighted by Crippen LogP contribution is -2.19. The number of nitrogens with two attached hydrogens (primary N) is 1. The predicted octanol–water partition coefficient (Wildman–Crippen LogP) is 0.732. The van der Waals surface area contributed by atoms with E-state index < -0.39 is 0 Å². The molecule has 0 aromatic carbocycles. The SMILES string of the molecule is CC(O)C(C)SC(N)=S. The summed E-state index contributed by atoms with van der Waals surface area (Å²) in [6.45, 7) is 3.60. The Bertz CT molecular complexity index is 105. The molecule has 0 aliphatic heterocycles. The summed E-state index contributed by atoms with van der Waals surface area (Å²) >= 11 is 5.94. The molecule has 0 rings (SSSR count). The molecular formula is C5H11NOS2. The number of aliphatic hydroxyl groups excluding tert-OH is 1. The van der Waals surface area contributed by atoms with Crippen molar-refractivity contribution >= 4 is 28.3 Å². The summed E-state index contributed by atoms with van der Waals surface area (Å²) in [6, 6.07) is 0. The minimum atomic E-state index is -0.350. The van der Waals surface area contributed by atoms with E-state index >= 15 is 0 Å². The van der Waals surface area contributed by atoms with Gasteiger partial charge in [-0.2, -0.15) is 0 Å². The van der Waals surface area contributed by atoms with Crippen LogP contribution in [-0.2, 0) is 0 Å². The standard InChI is InChI=1S/C5H11NOS2/c1-3(7)4(2)9-5(6)8/h3-4,7H,1-2H3,(H2,6,8). The molecule has 54 valence electrons. The third kappa shape index (κ3) is 4.69. The highest BCUT2D eigenvalue weighted by Crippen LogP contribution is 2.13. The summed E-state index contributed by atoms with van der Waals surface area (Å²) in [5.41, 5.74) is 5.21. The summed E-state index contributed by atoms with van der Waals surface area (Å²) in [7, 11) is 0. The topological polar surface area (TPSA) is 46.2 Å². The van der Waals surface area contributed by atoms with Crippen LogP contribution in [0.1, 0.15) is 13.8 Å². The molecule has 9 heavy (non-hydrogen) atoms. The molecule has 0 spiro atoms. The van der Waals surface area contributed by atoms with E-state index in [1.54, 1.807) is 6.92 Å². The van der Waals surface area contributed by atoms with Crippen LogP contribution in [0.15, 0.2) is 0 Å². The van der Waals surface area contributed by atoms with E-state index in [4.69, 9.17) is 10.8 Å². The van der Waals surface area contributed by atoms with Gasteiger partial charge in [0.15, 0.2) is 0 Å². The minimum absolute atomic E-state index is 0.0995. The minimum Gasteiger partial charge on any atom is -0.392 e. The maximum atomic E-state index is 8.93. The molecule has 0 heterocycles. The molecule has 3 N–H and O–H groups in total. The number of thioether (sulfide) groups is 1. The van der Waals surface area contributed by atoms with Crippen molar-refractivity contribution in [2.45, 2.75) is 25.2 Å². The Morgan fingerprint density at radius 3 is 2.22 bits per heavy atom. The van der Waals surface area contributed by atoms with Crippen molar-refractivity contribution in [1.29, 1.82) is 0 Å². The van der Waals surface area contributed by atoms with E-state index in [1.165, 1.54) is 11.8 Å². The van der Waals surface area contributed by atoms with Crippen LogP contribution in [0.4, 0.5) is 0 Å². The van der Waals surface area contributed by atoms with Crippen molar-refractivity contribution in [3.05, 3.63) is 0 Å². The fraction of sp³-hybridized carbons (Fsp3) is 0.800. The monoisotopic (exact) mass is 165 g/mol. The largest absolute Gasteiger partial charge is 0.392 e. The maximum absolute atomic E-state index is 8.93. The first-order valence-electron chi connectivity index (χ1n) is 2.68. The maximum Gasteiger partial charge on any atom is 0.131 e. The van der Waals surface area contributed by atoms with Crippen LogP contribution in [-0.4, -0.2) is 20.8 Å². The molecule has 2 atom stereocenters. The van der Waals surface area contributed by atoms with Gasteiger partial charge in [0.2, 0.25) is 0 Å². The first-order valence-corrected chi connectivity index (χ1v) is 3.97. The Morgan fingerprint density at radius 1 is 1.67 bits per heavy atom. The van der Waals surface area contributed by atoms with Crippen LogP contribution in [0.2, 0.25) is 0 Å². The Morgan fingerprint density at radius 2 is 2.11 bits per heavy atom. The van der Waals surface area contributed by atoms with Gasteiger partial charge in [0.05, 0.1) is 6.10 Å². The zero-order valence-corrected chi connectivity index (χ0v) is 7.13. The summed E-state index contributed by atoms with van der Waals surface area (Å²) in [5, 5.41) is 9.03. The molecule has 2 unspecified atom stereocenters. The molecule has 2 nitrogen and oxygen atoms in total. The highest BCUT2D eigenvalue weighted by Gasteiger charge is 2.09. The van der Waals surface area contributed by atoms with Crippen LogP contribution in [0.5, 0.6) is 0 Å². The van der Waals surface area contributed by atoms with E-state index in [2.05, 4.69) is 12.2 Å². The van der Waals surface area contributed by atoms with Crippen molar-refractivity contribution in [2.24, 2.45) is 5.73 Å². The number of hydrogen-bond acceptors (Lipinski definition) is 3. The van der Waals surface area contributed by atoms with Crippen molar-refractivity contribution in [1.82, 2.24) is 0 Å². The zero-order chi connectivity index (χ0) is 7.44. The quantitative estimate of drug-likeness (QED) is 0.592. The van der Waals surface area contributed by atoms with Crippen LogP contribution in [0.25, 0.3) is 0 Å². The van der Waals surface area contributed by atoms with Gasteiger partial charge in [0.25, 0.3) is 0 Å². The van der Waals surface area contributed by atoms with Gasteiger partial charge in [-0.05, 0) is 6.92 Å². The highest BCUT2D eigenvalue weighted by atomic mass is 32.2. The summed E-state index contributed by atoms with van der Waals surface area (Å²) in [5.74, 6) is 0. The first kappa shape index (κ1) is 9.20. The summed E-state index contributed by atoms with van der Waals surface area (Å²) < 4.78 is 0.392. The van der Waals surface area contributed by atoms with Gasteiger partial charge in [-0.15, -0.1) is 0 Å². The average Bonchev–Trinajstić information content (AvgIpc) is 1.63. The summed E-state index contributed by atoms with van der Waals surface area (Å²) in [6.07, 6.45) is -0.350. The number of rotatable bonds is 2. The fourth-order valence-corrected chi connectivity index (χ4v) is 1.30. The third-order valence-electron chi connectivity index (χ3n) is 0.981. The lowest BCUT2D eigenvalue weighted by molar-refractivity contribution is 0.196. The fourth-order valence-electron chi connectivity index (χ4n) is 0.282. The molecule has 0 aromatic heterocycles. The van der Waals surface area contributed by atoms with Gasteiger partial charge in [-0.1, -0.05) is 30.9 Å². The summed E-state index contributed by atoms with van der Waals surface area (Å²) in [4.78, 5) is 0. The third-order valence-corrected chi connectivity index (χ3v) is 2.27. The second-order valence-electron chi connectivity index (χ2n) is 1.88. The lowest BCUT2D eigenvalue weighted by Gasteiger charge is -2.11. The van der Waals surface area contributed by atoms with Crippen molar-refractivity contribution in [3.8, 4) is 0 Å². The van der Waals surface area contributed by atoms with Gasteiger partial charge in [0, 0.05) is 5.25 Å². The molecule has 0 fully saturated rings. The number of aliphatic hydroxyl groups is 1. The molecule has 0 saturated carbocycles. The van der Waals surface area contributed by atoms with Crippen molar-refractivity contribution in [3.63, 3.8) is 0 Å². The average molecular weight is 165 g/mol. The number of thiocarbonyl (C=S) groups is 1. The zero-order valence-electron chi connectivity index (χ0n) is 5.50. The molecule has 0 bridgehead atoms. The van der Waals surface area contributed by atoms with Crippen molar-refractivity contribution in [2.75, 3.05) is 0 Å². The highest BCUT2D eigenvalue weighted by molar-refractivity contribution is 8.23. The molecule has 0 aliphatic rings. The smallest absolute Gasteiger partial charge is 0.131 e. The van der Waals surface area contributed by atoms with Gasteiger partial charge in [-0.25, -0.2) is 0 Å².